The Labute approximate surface area is 112 Å². The van der Waals surface area contributed by atoms with Gasteiger partial charge in [-0.05, 0) is 31.0 Å². The van der Waals surface area contributed by atoms with Gasteiger partial charge in [0.1, 0.15) is 11.6 Å². The zero-order valence-electron chi connectivity index (χ0n) is 11.4. The van der Waals surface area contributed by atoms with Crippen LogP contribution in [0.3, 0.4) is 0 Å². The monoisotopic (exact) mass is 269 g/mol. The number of rotatable bonds is 5. The molecule has 0 aromatic heterocycles. The Hall–Kier alpha value is -1.62. The number of amides is 1. The summed E-state index contributed by atoms with van der Waals surface area (Å²) in [6, 6.07) is 3.15. The highest BCUT2D eigenvalue weighted by Crippen LogP contribution is 2.20. The summed E-state index contributed by atoms with van der Waals surface area (Å²) in [5.74, 6) is -1.49. The highest BCUT2D eigenvalue weighted by Gasteiger charge is 2.28. The standard InChI is InChI=1S/C14H20FNO3/c1-4-9(2)14(3,19)8-16-13(18)11-7-10(15)5-6-12(11)17/h5-7,9,17,19H,4,8H2,1-3H3,(H,16,18). The molecule has 1 aromatic carbocycles. The van der Waals surface area contributed by atoms with Gasteiger partial charge in [-0.1, -0.05) is 20.3 Å². The van der Waals surface area contributed by atoms with Crippen LogP contribution in [0.4, 0.5) is 4.39 Å². The second-order valence-electron chi connectivity index (χ2n) is 5.01. The molecule has 0 saturated heterocycles. The number of nitrogens with one attached hydrogen (secondary N) is 1. The second kappa shape index (κ2) is 6.02. The van der Waals surface area contributed by atoms with Crippen molar-refractivity contribution < 1.29 is 19.4 Å². The van der Waals surface area contributed by atoms with Crippen LogP contribution >= 0.6 is 0 Å². The van der Waals surface area contributed by atoms with Crippen LogP contribution in [-0.4, -0.2) is 28.3 Å². The van der Waals surface area contributed by atoms with Crippen LogP contribution in [0.5, 0.6) is 5.75 Å². The van der Waals surface area contributed by atoms with E-state index in [-0.39, 0.29) is 23.8 Å². The number of phenols is 1. The molecule has 2 unspecified atom stereocenters. The average Bonchev–Trinajstić information content (AvgIpc) is 2.37. The summed E-state index contributed by atoms with van der Waals surface area (Å²) in [4.78, 5) is 11.8. The topological polar surface area (TPSA) is 69.6 Å². The molecule has 0 bridgehead atoms. The van der Waals surface area contributed by atoms with Gasteiger partial charge in [-0.2, -0.15) is 0 Å². The van der Waals surface area contributed by atoms with Crippen molar-refractivity contribution in [3.63, 3.8) is 0 Å². The Morgan fingerprint density at radius 1 is 1.53 bits per heavy atom. The van der Waals surface area contributed by atoms with Gasteiger partial charge in [0.2, 0.25) is 0 Å². The van der Waals surface area contributed by atoms with E-state index < -0.39 is 17.3 Å². The maximum Gasteiger partial charge on any atom is 0.255 e. The number of halogens is 1. The van der Waals surface area contributed by atoms with E-state index in [2.05, 4.69) is 5.32 Å². The molecule has 0 heterocycles. The van der Waals surface area contributed by atoms with Crippen molar-refractivity contribution >= 4 is 5.91 Å². The quantitative estimate of drug-likeness (QED) is 0.766. The Balaban J connectivity index is 2.73. The normalized spacial score (nSPS) is 15.6. The minimum absolute atomic E-state index is 0.00825. The van der Waals surface area contributed by atoms with Gasteiger partial charge in [0.15, 0.2) is 0 Å². The van der Waals surface area contributed by atoms with Gasteiger partial charge in [-0.3, -0.25) is 4.79 Å². The van der Waals surface area contributed by atoms with Gasteiger partial charge in [0.05, 0.1) is 11.2 Å². The maximum atomic E-state index is 13.0. The lowest BCUT2D eigenvalue weighted by Gasteiger charge is -2.29. The number of benzene rings is 1. The third kappa shape index (κ3) is 3.92. The number of hydrogen-bond donors (Lipinski definition) is 3. The minimum atomic E-state index is -1.05. The van der Waals surface area contributed by atoms with Gasteiger partial charge in [0, 0.05) is 6.54 Å². The number of aromatic hydroxyl groups is 1. The van der Waals surface area contributed by atoms with Gasteiger partial charge >= 0.3 is 0 Å². The number of carbonyl (C=O) groups is 1. The van der Waals surface area contributed by atoms with Crippen molar-refractivity contribution in [2.24, 2.45) is 5.92 Å². The van der Waals surface area contributed by atoms with Gasteiger partial charge < -0.3 is 15.5 Å². The molecule has 1 aromatic rings. The number of hydrogen-bond acceptors (Lipinski definition) is 3. The Kier molecular flexibility index (Phi) is 4.89. The predicted molar refractivity (Wildman–Crippen MR) is 70.5 cm³/mol. The van der Waals surface area contributed by atoms with E-state index in [1.54, 1.807) is 6.92 Å². The van der Waals surface area contributed by atoms with Crippen molar-refractivity contribution in [2.75, 3.05) is 6.54 Å². The molecule has 0 spiro atoms. The lowest BCUT2D eigenvalue weighted by atomic mass is 9.88. The summed E-state index contributed by atoms with van der Waals surface area (Å²) in [6.45, 7) is 5.49. The number of phenolic OH excluding ortho intramolecular Hbond substituents is 1. The van der Waals surface area contributed by atoms with Crippen molar-refractivity contribution in [1.82, 2.24) is 5.32 Å². The highest BCUT2D eigenvalue weighted by atomic mass is 19.1. The first kappa shape index (κ1) is 15.4. The minimum Gasteiger partial charge on any atom is -0.507 e. The van der Waals surface area contributed by atoms with Crippen LogP contribution < -0.4 is 5.32 Å². The number of carbonyl (C=O) groups excluding carboxylic acids is 1. The molecule has 0 aliphatic carbocycles. The van der Waals surface area contributed by atoms with E-state index in [1.165, 1.54) is 0 Å². The summed E-state index contributed by atoms with van der Waals surface area (Å²) >= 11 is 0. The van der Waals surface area contributed by atoms with Crippen molar-refractivity contribution in [1.29, 1.82) is 0 Å². The first-order valence-corrected chi connectivity index (χ1v) is 6.27. The molecule has 0 saturated carbocycles. The van der Waals surface area contributed by atoms with E-state index in [1.807, 2.05) is 13.8 Å². The zero-order chi connectivity index (χ0) is 14.6. The molecule has 5 heteroatoms. The maximum absolute atomic E-state index is 13.0. The fourth-order valence-electron chi connectivity index (χ4n) is 1.66. The van der Waals surface area contributed by atoms with Crippen LogP contribution in [0.15, 0.2) is 18.2 Å². The molecule has 1 rings (SSSR count). The summed E-state index contributed by atoms with van der Waals surface area (Å²) < 4.78 is 13.0. The van der Waals surface area contributed by atoms with Crippen LogP contribution in [0.2, 0.25) is 0 Å². The van der Waals surface area contributed by atoms with Crippen molar-refractivity contribution in [3.05, 3.63) is 29.6 Å². The largest absolute Gasteiger partial charge is 0.507 e. The van der Waals surface area contributed by atoms with Crippen molar-refractivity contribution in [2.45, 2.75) is 32.8 Å². The third-order valence-electron chi connectivity index (χ3n) is 3.48. The molecule has 0 fully saturated rings. The van der Waals surface area contributed by atoms with Gasteiger partial charge in [0.25, 0.3) is 5.91 Å². The SMILES string of the molecule is CCC(C)C(C)(O)CNC(=O)c1cc(F)ccc1O. The molecule has 0 radical (unpaired) electrons. The number of aliphatic hydroxyl groups is 1. The Morgan fingerprint density at radius 2 is 2.16 bits per heavy atom. The fourth-order valence-corrected chi connectivity index (χ4v) is 1.66. The predicted octanol–water partition coefficient (Wildman–Crippen LogP) is 2.06. The summed E-state index contributed by atoms with van der Waals surface area (Å²) in [5, 5.41) is 22.2. The first-order valence-electron chi connectivity index (χ1n) is 6.27. The molecule has 1 amide bonds. The molecular weight excluding hydrogens is 249 g/mol. The van der Waals surface area contributed by atoms with E-state index in [0.717, 1.165) is 24.6 Å². The molecular formula is C14H20FNO3. The van der Waals surface area contributed by atoms with Crippen LogP contribution in [0, 0.1) is 11.7 Å². The Bertz CT molecular complexity index is 460. The third-order valence-corrected chi connectivity index (χ3v) is 3.48. The zero-order valence-corrected chi connectivity index (χ0v) is 11.4. The van der Waals surface area contributed by atoms with Crippen LogP contribution in [-0.2, 0) is 0 Å². The smallest absolute Gasteiger partial charge is 0.255 e. The fraction of sp³-hybridized carbons (Fsp3) is 0.500. The van der Waals surface area contributed by atoms with Gasteiger partial charge in [-0.15, -0.1) is 0 Å². The van der Waals surface area contributed by atoms with Gasteiger partial charge in [-0.25, -0.2) is 4.39 Å². The van der Waals surface area contributed by atoms with E-state index >= 15 is 0 Å². The first-order chi connectivity index (χ1) is 8.77. The second-order valence-corrected chi connectivity index (χ2v) is 5.01. The highest BCUT2D eigenvalue weighted by molar-refractivity contribution is 5.96. The van der Waals surface area contributed by atoms with Crippen LogP contribution in [0.1, 0.15) is 37.6 Å². The summed E-state index contributed by atoms with van der Waals surface area (Å²) in [5.41, 5.74) is -1.19. The Morgan fingerprint density at radius 3 is 2.74 bits per heavy atom. The lowest BCUT2D eigenvalue weighted by Crippen LogP contribution is -2.45. The molecule has 4 nitrogen and oxygen atoms in total. The molecule has 2 atom stereocenters. The van der Waals surface area contributed by atoms with E-state index in [4.69, 9.17) is 0 Å². The summed E-state index contributed by atoms with van der Waals surface area (Å²) in [6.07, 6.45) is 0.772. The molecule has 106 valence electrons. The molecule has 3 N–H and O–H groups in total. The summed E-state index contributed by atoms with van der Waals surface area (Å²) in [7, 11) is 0. The molecule has 0 aliphatic rings. The molecule has 0 aliphatic heterocycles. The van der Waals surface area contributed by atoms with E-state index in [9.17, 15) is 19.4 Å². The van der Waals surface area contributed by atoms with Crippen LogP contribution in [0.25, 0.3) is 0 Å². The van der Waals surface area contributed by atoms with E-state index in [0.29, 0.717) is 0 Å². The average molecular weight is 269 g/mol. The van der Waals surface area contributed by atoms with Crippen molar-refractivity contribution in [3.8, 4) is 5.75 Å². The molecule has 19 heavy (non-hydrogen) atoms. The lowest BCUT2D eigenvalue weighted by molar-refractivity contribution is 0.00589.